The van der Waals surface area contributed by atoms with Crippen LogP contribution in [0.4, 0.5) is 0 Å². The van der Waals surface area contributed by atoms with E-state index in [0.717, 1.165) is 13.1 Å². The van der Waals surface area contributed by atoms with Gasteiger partial charge in [0.15, 0.2) is 28.3 Å². The minimum absolute atomic E-state index is 0. The Labute approximate surface area is 206 Å². The number of halogens is 2. The van der Waals surface area contributed by atoms with Crippen molar-refractivity contribution in [2.45, 2.75) is 48.0 Å². The SMILES string of the molecule is C.C.CNC[Si](C)(C)O[Si](C)(C)CNC(=O)C(C(C)=O)C(=O)O.O=CO.[I][V][I]. The summed E-state index contributed by atoms with van der Waals surface area (Å²) in [4.78, 5) is 42.3. The summed E-state index contributed by atoms with van der Waals surface area (Å²) in [7, 11) is -1.55. The van der Waals surface area contributed by atoms with Gasteiger partial charge in [-0.15, -0.1) is 0 Å². The Morgan fingerprint density at radius 3 is 1.72 bits per heavy atom. The molecule has 0 aliphatic carbocycles. The van der Waals surface area contributed by atoms with E-state index >= 15 is 0 Å². The molecule has 0 radical (unpaired) electrons. The Morgan fingerprint density at radius 2 is 1.45 bits per heavy atom. The number of carbonyl (C=O) groups excluding carboxylic acids is 2. The van der Waals surface area contributed by atoms with Gasteiger partial charge < -0.3 is 25.0 Å². The van der Waals surface area contributed by atoms with E-state index in [1.807, 2.05) is 20.1 Å². The third-order valence-corrected chi connectivity index (χ3v) is 9.41. The number of nitrogens with one attached hydrogen (secondary N) is 2. The third kappa shape index (κ3) is 24.6. The fourth-order valence-corrected chi connectivity index (χ4v) is 10.1. The molecular weight excluding hydrogens is 681 g/mol. The molecule has 0 aromatic heterocycles. The van der Waals surface area contributed by atoms with Gasteiger partial charge in [0.05, 0.1) is 0 Å². The first-order valence-electron chi connectivity index (χ1n) is 7.61. The second-order valence-corrected chi connectivity index (χ2v) is 26.8. The van der Waals surface area contributed by atoms with E-state index in [1.165, 1.54) is 0 Å². The summed E-state index contributed by atoms with van der Waals surface area (Å²) >= 11 is 4.74. The first-order valence-corrected chi connectivity index (χ1v) is 22.8. The van der Waals surface area contributed by atoms with Gasteiger partial charge in [0.25, 0.3) is 6.47 Å². The van der Waals surface area contributed by atoms with Gasteiger partial charge in [0, 0.05) is 12.3 Å². The van der Waals surface area contributed by atoms with E-state index in [-0.39, 0.29) is 27.5 Å². The fourth-order valence-electron chi connectivity index (χ4n) is 2.12. The zero-order valence-corrected chi connectivity index (χ0v) is 23.9. The zero-order chi connectivity index (χ0) is 22.3. The summed E-state index contributed by atoms with van der Waals surface area (Å²) in [6.07, 6.45) is 1.08. The summed E-state index contributed by atoms with van der Waals surface area (Å²) in [6, 6.07) is 0. The van der Waals surface area contributed by atoms with Crippen LogP contribution in [0.25, 0.3) is 0 Å². The van der Waals surface area contributed by atoms with Gasteiger partial charge in [-0.3, -0.25) is 19.2 Å². The molecule has 0 aliphatic heterocycles. The maximum atomic E-state index is 11.8. The van der Waals surface area contributed by atoms with Crippen molar-refractivity contribution in [1.82, 2.24) is 10.6 Å². The van der Waals surface area contributed by atoms with Crippen molar-refractivity contribution in [2.24, 2.45) is 5.92 Å². The Kier molecular flexibility index (Phi) is 29.9. The molecule has 1 unspecified atom stereocenters. The number of carboxylic acids is 1. The van der Waals surface area contributed by atoms with Gasteiger partial charge in [-0.05, 0) is 40.2 Å². The standard InChI is InChI=1S/C12H26N2O5Si2.CH2O2.2CH4.2HI.V/c1-9(15)10(12(17)18)11(16)14-8-21(5,6)19-20(3,4)7-13-2;2-1-3;;;;;/h10,13H,7-8H2,1-6H3,(H,14,16)(H,17,18);1H,(H,2,3);2*1H4;2*1H;/q;;;;;;+2/p-2. The summed E-state index contributed by atoms with van der Waals surface area (Å²) in [5, 5.41) is 21.4. The Bertz CT molecular complexity index is 474. The van der Waals surface area contributed by atoms with Gasteiger partial charge in [-0.1, -0.05) is 14.9 Å². The van der Waals surface area contributed by atoms with Crippen LogP contribution in [0.5, 0.6) is 0 Å². The van der Waals surface area contributed by atoms with Crippen LogP contribution in [0.1, 0.15) is 21.8 Å². The van der Waals surface area contributed by atoms with Crippen molar-refractivity contribution in [1.29, 1.82) is 0 Å². The molecule has 14 heteroatoms. The van der Waals surface area contributed by atoms with Crippen LogP contribution in [-0.4, -0.2) is 70.4 Å². The molecule has 0 saturated heterocycles. The molecule has 0 spiro atoms. The average molecular weight is 717 g/mol. The molecule has 1 atom stereocenters. The predicted octanol–water partition coefficient (Wildman–Crippen LogP) is 2.86. The first kappa shape index (κ1) is 39.9. The van der Waals surface area contributed by atoms with Crippen LogP contribution in [0, 0.1) is 5.92 Å². The third-order valence-electron chi connectivity index (χ3n) is 2.76. The molecule has 175 valence electrons. The van der Waals surface area contributed by atoms with Crippen LogP contribution in [0.2, 0.25) is 26.2 Å². The number of hydrogen-bond acceptors (Lipinski definition) is 6. The van der Waals surface area contributed by atoms with Crippen molar-refractivity contribution >= 4 is 80.7 Å². The number of Topliss-reactive ketones (excluding diaryl/α,β-unsaturated/α-hetero) is 1. The number of carbonyl (C=O) groups is 4. The van der Waals surface area contributed by atoms with Crippen LogP contribution in [0.15, 0.2) is 0 Å². The van der Waals surface area contributed by atoms with Crippen LogP contribution in [0.3, 0.4) is 0 Å². The van der Waals surface area contributed by atoms with Crippen molar-refractivity contribution in [2.75, 3.05) is 19.4 Å². The normalized spacial score (nSPS) is 10.8. The molecule has 0 saturated carbocycles. The minimum atomic E-state index is -2.17. The molecule has 0 fully saturated rings. The molecule has 9 nitrogen and oxygen atoms in total. The summed E-state index contributed by atoms with van der Waals surface area (Å²) in [5.41, 5.74) is 0. The molecular formula is C15H36I2N2O7Si2V. The van der Waals surface area contributed by atoms with Crippen LogP contribution < -0.4 is 10.6 Å². The number of ketones is 1. The van der Waals surface area contributed by atoms with Gasteiger partial charge in [0.1, 0.15) is 0 Å². The molecule has 0 heterocycles. The number of rotatable bonds is 9. The second-order valence-electron chi connectivity index (χ2n) is 6.42. The first-order chi connectivity index (χ1) is 12.2. The monoisotopic (exact) mass is 717 g/mol. The maximum absolute atomic E-state index is 11.8. The molecule has 0 aromatic carbocycles. The zero-order valence-electron chi connectivity index (χ0n) is 16.2. The van der Waals surface area contributed by atoms with Gasteiger partial charge in [-0.2, -0.15) is 0 Å². The molecule has 0 bridgehead atoms. The van der Waals surface area contributed by atoms with E-state index in [0.29, 0.717) is 9.47 Å². The Hall–Kier alpha value is 0.478. The summed E-state index contributed by atoms with van der Waals surface area (Å²) in [6.45, 7) is 8.92. The molecule has 4 N–H and O–H groups in total. The van der Waals surface area contributed by atoms with E-state index in [9.17, 15) is 14.4 Å². The number of carboxylic acid groups (broad SMARTS) is 2. The van der Waals surface area contributed by atoms with Gasteiger partial charge >= 0.3 is 55.4 Å². The quantitative estimate of drug-likeness (QED) is 0.124. The molecule has 0 aromatic rings. The molecule has 0 rings (SSSR count). The summed E-state index contributed by atoms with van der Waals surface area (Å²) < 4.78 is 6.19. The number of hydrogen-bond donors (Lipinski definition) is 4. The average Bonchev–Trinajstić information content (AvgIpc) is 2.44. The fraction of sp³-hybridized carbons (Fsp3) is 0.733. The van der Waals surface area contributed by atoms with Crippen LogP contribution >= 0.6 is 40.0 Å². The Balaban J connectivity index is -0.000000212. The van der Waals surface area contributed by atoms with Crippen molar-refractivity contribution in [3.63, 3.8) is 0 Å². The van der Waals surface area contributed by atoms with Gasteiger partial charge in [-0.25, -0.2) is 0 Å². The number of amides is 1. The summed E-state index contributed by atoms with van der Waals surface area (Å²) in [5.74, 6) is -4.51. The Morgan fingerprint density at radius 1 is 1.10 bits per heavy atom. The topological polar surface area (TPSA) is 142 Å². The van der Waals surface area contributed by atoms with E-state index in [4.69, 9.17) is 19.1 Å². The van der Waals surface area contributed by atoms with E-state index in [2.05, 4.69) is 63.7 Å². The number of aliphatic carboxylic acids is 1. The molecule has 0 aliphatic rings. The van der Waals surface area contributed by atoms with Crippen molar-refractivity contribution in [3.05, 3.63) is 0 Å². The van der Waals surface area contributed by atoms with E-state index in [1.54, 1.807) is 0 Å². The van der Waals surface area contributed by atoms with Crippen LogP contribution in [-0.2, 0) is 32.8 Å². The molecule has 29 heavy (non-hydrogen) atoms. The second kappa shape index (κ2) is 21.7. The molecule has 1 amide bonds. The van der Waals surface area contributed by atoms with Gasteiger partial charge in [0.2, 0.25) is 5.91 Å². The van der Waals surface area contributed by atoms with Crippen molar-refractivity contribution < 1.29 is 43.0 Å². The predicted molar refractivity (Wildman–Crippen MR) is 135 cm³/mol. The van der Waals surface area contributed by atoms with E-state index < -0.39 is 40.2 Å². The van der Waals surface area contributed by atoms with Crippen molar-refractivity contribution in [3.8, 4) is 0 Å².